The molecule has 0 saturated carbocycles. The fourth-order valence-corrected chi connectivity index (χ4v) is 4.12. The summed E-state index contributed by atoms with van der Waals surface area (Å²) >= 11 is 0. The molecule has 4 rings (SSSR count). The van der Waals surface area contributed by atoms with Crippen LogP contribution in [0.4, 0.5) is 5.95 Å². The van der Waals surface area contributed by atoms with Crippen molar-refractivity contribution >= 4 is 17.0 Å². The predicted molar refractivity (Wildman–Crippen MR) is 104 cm³/mol. The normalized spacial score (nSPS) is 20.6. The lowest BCUT2D eigenvalue weighted by Gasteiger charge is -2.40. The number of H-pyrrole nitrogens is 1. The smallest absolute Gasteiger partial charge is 0.263 e. The predicted octanol–water partition coefficient (Wildman–Crippen LogP) is 3.52. The largest absolute Gasteiger partial charge is 0.342 e. The third-order valence-electron chi connectivity index (χ3n) is 5.36. The highest BCUT2D eigenvalue weighted by Gasteiger charge is 2.31. The van der Waals surface area contributed by atoms with Gasteiger partial charge in [-0.3, -0.25) is 9.78 Å². The van der Waals surface area contributed by atoms with Crippen molar-refractivity contribution in [2.75, 3.05) is 18.0 Å². The van der Waals surface area contributed by atoms with E-state index in [1.807, 2.05) is 30.3 Å². The highest BCUT2D eigenvalue weighted by atomic mass is 16.1. The molecule has 1 fully saturated rings. The summed E-state index contributed by atoms with van der Waals surface area (Å²) in [6.45, 7) is 6.42. The van der Waals surface area contributed by atoms with E-state index >= 15 is 0 Å². The average molecular weight is 351 g/mol. The van der Waals surface area contributed by atoms with Gasteiger partial charge in [-0.05, 0) is 36.8 Å². The van der Waals surface area contributed by atoms with Gasteiger partial charge in [0, 0.05) is 13.1 Å². The molecular formula is C20H25N5O. The van der Waals surface area contributed by atoms with Crippen molar-refractivity contribution in [3.63, 3.8) is 0 Å². The zero-order chi connectivity index (χ0) is 18.1. The molecule has 1 aliphatic rings. The molecule has 0 amide bonds. The lowest BCUT2D eigenvalue weighted by Crippen LogP contribution is -2.43. The standard InChI is InChI=1S/C20H25N5O/c1-3-10-20(2)11-7-12-24(14-20)19-22-17-16(18(26)23-19)13-21-25(17)15-8-5-4-6-9-15/h4-6,8-9,13H,3,7,10-12,14H2,1-2H3,(H,22,23,26). The molecule has 0 bridgehead atoms. The SMILES string of the molecule is CCCC1(C)CCCN(c2nc3c(cnn3-c3ccccc3)c(=O)[nH]2)C1. The van der Waals surface area contributed by atoms with E-state index in [1.165, 1.54) is 19.3 Å². The van der Waals surface area contributed by atoms with Crippen molar-refractivity contribution in [1.82, 2.24) is 19.7 Å². The Morgan fingerprint density at radius 1 is 1.27 bits per heavy atom. The van der Waals surface area contributed by atoms with Gasteiger partial charge in [0.25, 0.3) is 5.56 Å². The van der Waals surface area contributed by atoms with Gasteiger partial charge in [-0.25, -0.2) is 4.68 Å². The Bertz CT molecular complexity index is 957. The number of fused-ring (bicyclic) bond motifs is 1. The van der Waals surface area contributed by atoms with Crippen LogP contribution in [0.3, 0.4) is 0 Å². The number of nitrogens with one attached hydrogen (secondary N) is 1. The molecule has 6 nitrogen and oxygen atoms in total. The van der Waals surface area contributed by atoms with E-state index in [1.54, 1.807) is 10.9 Å². The Balaban J connectivity index is 1.76. The van der Waals surface area contributed by atoms with E-state index in [9.17, 15) is 4.79 Å². The maximum atomic E-state index is 12.6. The summed E-state index contributed by atoms with van der Waals surface area (Å²) in [6.07, 6.45) is 6.31. The minimum Gasteiger partial charge on any atom is -0.342 e. The van der Waals surface area contributed by atoms with Gasteiger partial charge in [-0.1, -0.05) is 38.5 Å². The van der Waals surface area contributed by atoms with Gasteiger partial charge in [-0.15, -0.1) is 0 Å². The van der Waals surface area contributed by atoms with Gasteiger partial charge in [-0.2, -0.15) is 10.1 Å². The quantitative estimate of drug-likeness (QED) is 0.781. The topological polar surface area (TPSA) is 66.8 Å². The molecular weight excluding hydrogens is 326 g/mol. The molecule has 1 saturated heterocycles. The van der Waals surface area contributed by atoms with Crippen LogP contribution in [0.2, 0.25) is 0 Å². The van der Waals surface area contributed by atoms with Crippen molar-refractivity contribution in [3.05, 3.63) is 46.9 Å². The fraction of sp³-hybridized carbons (Fsp3) is 0.450. The highest BCUT2D eigenvalue weighted by Crippen LogP contribution is 2.35. The fourth-order valence-electron chi connectivity index (χ4n) is 4.12. The number of aromatic amines is 1. The minimum atomic E-state index is -0.130. The molecule has 0 radical (unpaired) electrons. The molecule has 3 heterocycles. The summed E-state index contributed by atoms with van der Waals surface area (Å²) in [6, 6.07) is 9.81. The minimum absolute atomic E-state index is 0.130. The summed E-state index contributed by atoms with van der Waals surface area (Å²) in [5.74, 6) is 0.655. The first-order valence-electron chi connectivity index (χ1n) is 9.38. The Hall–Kier alpha value is -2.63. The number of benzene rings is 1. The summed E-state index contributed by atoms with van der Waals surface area (Å²) in [5.41, 5.74) is 1.66. The number of anilines is 1. The molecule has 1 N–H and O–H groups in total. The van der Waals surface area contributed by atoms with Crippen LogP contribution in [0, 0.1) is 5.41 Å². The van der Waals surface area contributed by atoms with E-state index in [0.29, 0.717) is 17.0 Å². The van der Waals surface area contributed by atoms with Gasteiger partial charge in [0.05, 0.1) is 11.9 Å². The summed E-state index contributed by atoms with van der Waals surface area (Å²) in [4.78, 5) is 22.6. The molecule has 3 aromatic rings. The number of nitrogens with zero attached hydrogens (tertiary/aromatic N) is 4. The number of rotatable bonds is 4. The second kappa shape index (κ2) is 6.59. The summed E-state index contributed by atoms with van der Waals surface area (Å²) in [5, 5.41) is 4.91. The molecule has 2 aromatic heterocycles. The molecule has 0 spiro atoms. The third kappa shape index (κ3) is 3.00. The van der Waals surface area contributed by atoms with E-state index < -0.39 is 0 Å². The molecule has 0 aliphatic carbocycles. The first-order valence-corrected chi connectivity index (χ1v) is 9.38. The zero-order valence-electron chi connectivity index (χ0n) is 15.4. The zero-order valence-corrected chi connectivity index (χ0v) is 15.4. The van der Waals surface area contributed by atoms with Crippen molar-refractivity contribution in [3.8, 4) is 5.69 Å². The Morgan fingerprint density at radius 2 is 2.08 bits per heavy atom. The van der Waals surface area contributed by atoms with E-state index in [2.05, 4.69) is 28.8 Å². The molecule has 1 aliphatic heterocycles. The van der Waals surface area contributed by atoms with Gasteiger partial charge < -0.3 is 4.90 Å². The van der Waals surface area contributed by atoms with Crippen LogP contribution in [0.1, 0.15) is 39.5 Å². The Labute approximate surface area is 152 Å². The maximum Gasteiger partial charge on any atom is 0.263 e. The summed E-state index contributed by atoms with van der Waals surface area (Å²) < 4.78 is 1.74. The van der Waals surface area contributed by atoms with Gasteiger partial charge in [0.15, 0.2) is 5.65 Å². The number of para-hydroxylation sites is 1. The molecule has 1 aromatic carbocycles. The summed E-state index contributed by atoms with van der Waals surface area (Å²) in [7, 11) is 0. The van der Waals surface area contributed by atoms with Crippen LogP contribution in [-0.2, 0) is 0 Å². The lowest BCUT2D eigenvalue weighted by molar-refractivity contribution is 0.237. The Morgan fingerprint density at radius 3 is 2.85 bits per heavy atom. The maximum absolute atomic E-state index is 12.6. The van der Waals surface area contributed by atoms with Gasteiger partial charge in [0.1, 0.15) is 5.39 Å². The molecule has 6 heteroatoms. The molecule has 26 heavy (non-hydrogen) atoms. The van der Waals surface area contributed by atoms with Crippen LogP contribution in [-0.4, -0.2) is 32.8 Å². The van der Waals surface area contributed by atoms with Crippen molar-refractivity contribution in [2.24, 2.45) is 5.41 Å². The Kier molecular flexibility index (Phi) is 4.26. The first kappa shape index (κ1) is 16.8. The molecule has 1 atom stereocenters. The van der Waals surface area contributed by atoms with Crippen LogP contribution in [0.15, 0.2) is 41.3 Å². The van der Waals surface area contributed by atoms with Crippen LogP contribution in [0.5, 0.6) is 0 Å². The lowest BCUT2D eigenvalue weighted by atomic mass is 9.78. The van der Waals surface area contributed by atoms with Crippen LogP contribution in [0.25, 0.3) is 16.7 Å². The average Bonchev–Trinajstić information content (AvgIpc) is 3.07. The van der Waals surface area contributed by atoms with Crippen LogP contribution < -0.4 is 10.5 Å². The molecule has 136 valence electrons. The van der Waals surface area contributed by atoms with Crippen molar-refractivity contribution < 1.29 is 0 Å². The first-order chi connectivity index (χ1) is 12.6. The monoisotopic (exact) mass is 351 g/mol. The number of hydrogen-bond donors (Lipinski definition) is 1. The third-order valence-corrected chi connectivity index (χ3v) is 5.36. The van der Waals surface area contributed by atoms with E-state index in [4.69, 9.17) is 4.98 Å². The second-order valence-electron chi connectivity index (χ2n) is 7.60. The van der Waals surface area contributed by atoms with Gasteiger partial charge >= 0.3 is 0 Å². The second-order valence-corrected chi connectivity index (χ2v) is 7.60. The number of hydrogen-bond acceptors (Lipinski definition) is 4. The van der Waals surface area contributed by atoms with E-state index in [-0.39, 0.29) is 11.0 Å². The number of piperidine rings is 1. The van der Waals surface area contributed by atoms with Crippen molar-refractivity contribution in [1.29, 1.82) is 0 Å². The van der Waals surface area contributed by atoms with Crippen molar-refractivity contribution in [2.45, 2.75) is 39.5 Å². The van der Waals surface area contributed by atoms with E-state index in [0.717, 1.165) is 25.2 Å². The number of aromatic nitrogens is 4. The highest BCUT2D eigenvalue weighted by molar-refractivity contribution is 5.76. The van der Waals surface area contributed by atoms with Gasteiger partial charge in [0.2, 0.25) is 5.95 Å². The molecule has 1 unspecified atom stereocenters. The van der Waals surface area contributed by atoms with Crippen LogP contribution >= 0.6 is 0 Å².